The highest BCUT2D eigenvalue weighted by molar-refractivity contribution is 6.33. The average Bonchev–Trinajstić information content (AvgIpc) is 3.05. The molecule has 0 saturated heterocycles. The van der Waals surface area contributed by atoms with E-state index in [0.717, 1.165) is 4.90 Å². The van der Waals surface area contributed by atoms with Crippen LogP contribution in [0.2, 0.25) is 0 Å². The van der Waals surface area contributed by atoms with Crippen LogP contribution in [-0.4, -0.2) is 28.9 Å². The third-order valence-electron chi connectivity index (χ3n) is 3.97. The van der Waals surface area contributed by atoms with Crippen molar-refractivity contribution in [3.63, 3.8) is 0 Å². The summed E-state index contributed by atoms with van der Waals surface area (Å²) in [6.07, 6.45) is 2.78. The van der Waals surface area contributed by atoms with Crippen LogP contribution >= 0.6 is 11.6 Å². The van der Waals surface area contributed by atoms with Crippen molar-refractivity contribution in [1.82, 2.24) is 9.88 Å². The molecular formula is C16H11ClF2N4O2. The first-order valence-corrected chi connectivity index (χ1v) is 7.40. The minimum Gasteiger partial charge on any atom is -0.395 e. The van der Waals surface area contributed by atoms with Gasteiger partial charge in [-0.15, -0.1) is 5.26 Å². The molecule has 3 N–H and O–H groups in total. The molecule has 1 atom stereocenters. The lowest BCUT2D eigenvalue weighted by Gasteiger charge is -2.34. The van der Waals surface area contributed by atoms with Crippen molar-refractivity contribution in [3.05, 3.63) is 52.3 Å². The number of carbonyl (C=O) groups is 1. The summed E-state index contributed by atoms with van der Waals surface area (Å²) >= 11 is 5.95. The molecule has 0 saturated carbocycles. The first kappa shape index (κ1) is 16.8. The molecule has 1 aromatic carbocycles. The smallest absolute Gasteiger partial charge is 0.349 e. The Hall–Kier alpha value is -3.05. The summed E-state index contributed by atoms with van der Waals surface area (Å²) in [5, 5.41) is 8.78. The summed E-state index contributed by atoms with van der Waals surface area (Å²) in [7, 11) is 1.32. The molecule has 128 valence electrons. The molecular weight excluding hydrogens is 354 g/mol. The van der Waals surface area contributed by atoms with Gasteiger partial charge in [0.15, 0.2) is 17.7 Å². The van der Waals surface area contributed by atoms with Gasteiger partial charge < -0.3 is 20.4 Å². The molecule has 0 radical (unpaired) electrons. The van der Waals surface area contributed by atoms with Crippen molar-refractivity contribution in [2.45, 2.75) is 6.04 Å². The van der Waals surface area contributed by atoms with E-state index < -0.39 is 29.4 Å². The van der Waals surface area contributed by atoms with Crippen LogP contribution in [0.5, 0.6) is 0 Å². The van der Waals surface area contributed by atoms with Crippen LogP contribution in [0.4, 0.5) is 8.78 Å². The Morgan fingerprint density at radius 1 is 1.44 bits per heavy atom. The summed E-state index contributed by atoms with van der Waals surface area (Å²) in [5.74, 6) is -2.74. The minimum absolute atomic E-state index is 0.114. The van der Waals surface area contributed by atoms with Gasteiger partial charge in [0.05, 0.1) is 21.9 Å². The van der Waals surface area contributed by atoms with Crippen LogP contribution < -0.4 is 5.73 Å². The monoisotopic (exact) mass is 364 g/mol. The number of carbonyl (C=O) groups excluding carboxylic acids is 1. The second-order valence-electron chi connectivity index (χ2n) is 5.32. The maximum Gasteiger partial charge on any atom is 0.349 e. The number of fused-ring (bicyclic) bond motifs is 1. The highest BCUT2D eigenvalue weighted by atomic mass is 35.5. The second kappa shape index (κ2) is 6.11. The molecule has 9 heteroatoms. The molecule has 0 bridgehead atoms. The zero-order valence-electron chi connectivity index (χ0n) is 12.8. The van der Waals surface area contributed by atoms with E-state index in [1.165, 1.54) is 19.4 Å². The number of H-pyrrole nitrogens is 1. The fourth-order valence-corrected chi connectivity index (χ4v) is 3.10. The molecule has 6 nitrogen and oxygen atoms in total. The minimum atomic E-state index is -1.37. The quantitative estimate of drug-likeness (QED) is 0.631. The highest BCUT2D eigenvalue weighted by Crippen LogP contribution is 2.39. The number of rotatable bonds is 2. The van der Waals surface area contributed by atoms with Crippen LogP contribution in [0.1, 0.15) is 5.56 Å². The number of nitriles is 1. The predicted molar refractivity (Wildman–Crippen MR) is 86.6 cm³/mol. The maximum absolute atomic E-state index is 14.8. The van der Waals surface area contributed by atoms with Crippen LogP contribution in [0.25, 0.3) is 16.6 Å². The molecule has 0 amide bonds. The number of nitrogens with one attached hydrogen (secondary N) is 1. The normalized spacial score (nSPS) is 17.9. The van der Waals surface area contributed by atoms with E-state index in [2.05, 4.69) is 9.72 Å². The lowest BCUT2D eigenvalue weighted by Crippen LogP contribution is -2.42. The average molecular weight is 365 g/mol. The summed E-state index contributed by atoms with van der Waals surface area (Å²) in [6, 6.07) is 3.26. The summed E-state index contributed by atoms with van der Waals surface area (Å²) in [5.41, 5.74) is 4.93. The van der Waals surface area contributed by atoms with Gasteiger partial charge in [-0.2, -0.15) is 0 Å². The van der Waals surface area contributed by atoms with E-state index in [9.17, 15) is 13.6 Å². The molecule has 1 unspecified atom stereocenters. The van der Waals surface area contributed by atoms with Crippen LogP contribution in [-0.2, 0) is 9.53 Å². The lowest BCUT2D eigenvalue weighted by atomic mass is 10.0. The Labute approximate surface area is 145 Å². The van der Waals surface area contributed by atoms with Gasteiger partial charge in [0.2, 0.25) is 0 Å². The number of benzene rings is 1. The number of likely N-dealkylation sites (N-methyl/N-ethyl adjacent to an activating group) is 1. The van der Waals surface area contributed by atoms with E-state index in [1.54, 1.807) is 18.3 Å². The fraction of sp³-hybridized carbons (Fsp3) is 0.125. The van der Waals surface area contributed by atoms with Gasteiger partial charge in [-0.05, 0) is 12.1 Å². The first-order valence-electron chi connectivity index (χ1n) is 7.02. The number of hydrogen-bond donors (Lipinski definition) is 2. The number of aromatic amines is 1. The summed E-state index contributed by atoms with van der Waals surface area (Å²) in [4.78, 5) is 15.8. The Morgan fingerprint density at radius 3 is 2.84 bits per heavy atom. The van der Waals surface area contributed by atoms with Gasteiger partial charge in [0, 0.05) is 24.2 Å². The standard InChI is InChI=1S/C16H11ClF2N4O2/c1-23-14(8-3-2-7-4-5-22-13(7)10(8)18)11(19)12(21)9(17)15(23)16(24)25-6-20/h2-5,15,22H,21H2,1H3. The molecule has 1 aliphatic heterocycles. The molecule has 0 aliphatic carbocycles. The maximum atomic E-state index is 14.8. The number of esters is 1. The SMILES string of the molecule is CN1C(c2ccc3cc[nH]c3c2F)=C(F)C(N)=C(Cl)C1C(=O)OC#N. The Kier molecular flexibility index (Phi) is 4.10. The van der Waals surface area contributed by atoms with E-state index in [0.29, 0.717) is 5.39 Å². The Balaban J connectivity index is 2.21. The highest BCUT2D eigenvalue weighted by Gasteiger charge is 2.39. The third kappa shape index (κ3) is 2.49. The molecule has 3 rings (SSSR count). The van der Waals surface area contributed by atoms with Crippen molar-refractivity contribution in [1.29, 1.82) is 5.26 Å². The number of halogens is 3. The molecule has 0 spiro atoms. The van der Waals surface area contributed by atoms with Crippen molar-refractivity contribution < 1.29 is 18.3 Å². The van der Waals surface area contributed by atoms with E-state index in [1.807, 2.05) is 0 Å². The van der Waals surface area contributed by atoms with Gasteiger partial charge >= 0.3 is 5.97 Å². The van der Waals surface area contributed by atoms with Crippen LogP contribution in [0.15, 0.2) is 41.0 Å². The largest absolute Gasteiger partial charge is 0.395 e. The number of aromatic nitrogens is 1. The second-order valence-corrected chi connectivity index (χ2v) is 5.73. The number of hydrogen-bond acceptors (Lipinski definition) is 5. The van der Waals surface area contributed by atoms with Crippen molar-refractivity contribution in [3.8, 4) is 6.26 Å². The Morgan fingerprint density at radius 2 is 2.16 bits per heavy atom. The zero-order valence-corrected chi connectivity index (χ0v) is 13.6. The van der Waals surface area contributed by atoms with Gasteiger partial charge in [-0.1, -0.05) is 17.7 Å². The molecule has 25 heavy (non-hydrogen) atoms. The molecule has 2 aromatic rings. The van der Waals surface area contributed by atoms with Gasteiger partial charge in [0.1, 0.15) is 0 Å². The van der Waals surface area contributed by atoms with E-state index >= 15 is 0 Å². The fourth-order valence-electron chi connectivity index (χ4n) is 2.78. The molecule has 1 aliphatic rings. The topological polar surface area (TPSA) is 95.1 Å². The van der Waals surface area contributed by atoms with Gasteiger partial charge in [-0.25, -0.2) is 13.6 Å². The third-order valence-corrected chi connectivity index (χ3v) is 4.38. The van der Waals surface area contributed by atoms with Gasteiger partial charge in [-0.3, -0.25) is 0 Å². The van der Waals surface area contributed by atoms with Crippen LogP contribution in [0, 0.1) is 17.3 Å². The van der Waals surface area contributed by atoms with E-state index in [4.69, 9.17) is 22.6 Å². The first-order chi connectivity index (χ1) is 11.9. The number of ether oxygens (including phenoxy) is 1. The zero-order chi connectivity index (χ0) is 18.3. The van der Waals surface area contributed by atoms with Crippen molar-refractivity contribution >= 4 is 34.2 Å². The van der Waals surface area contributed by atoms with Crippen molar-refractivity contribution in [2.24, 2.45) is 5.73 Å². The summed E-state index contributed by atoms with van der Waals surface area (Å²) < 4.78 is 33.8. The van der Waals surface area contributed by atoms with Gasteiger partial charge in [0.25, 0.3) is 6.26 Å². The number of nitrogens with two attached hydrogens (primary N) is 1. The molecule has 2 heterocycles. The molecule has 0 fully saturated rings. The number of allylic oxidation sites excluding steroid dienone is 1. The van der Waals surface area contributed by atoms with Crippen LogP contribution in [0.3, 0.4) is 0 Å². The van der Waals surface area contributed by atoms with Crippen molar-refractivity contribution in [2.75, 3.05) is 7.05 Å². The Bertz CT molecular complexity index is 990. The lowest BCUT2D eigenvalue weighted by molar-refractivity contribution is -0.140. The predicted octanol–water partition coefficient (Wildman–Crippen LogP) is 2.69. The van der Waals surface area contributed by atoms with E-state index in [-0.39, 0.29) is 21.8 Å². The molecule has 1 aromatic heterocycles. The number of nitrogens with zero attached hydrogens (tertiary/aromatic N) is 2. The summed E-state index contributed by atoms with van der Waals surface area (Å²) in [6.45, 7) is 0.